The average molecular weight is 352 g/mol. The van der Waals surface area contributed by atoms with Crippen molar-refractivity contribution in [2.45, 2.75) is 19.1 Å². The van der Waals surface area contributed by atoms with Gasteiger partial charge in [0.1, 0.15) is 17.9 Å². The minimum Gasteiger partial charge on any atom is -0.508 e. The van der Waals surface area contributed by atoms with E-state index >= 15 is 0 Å². The van der Waals surface area contributed by atoms with Gasteiger partial charge in [-0.3, -0.25) is 9.69 Å². The Bertz CT molecular complexity index is 896. The molecule has 2 atom stereocenters. The molecule has 2 aromatic rings. The predicted octanol–water partition coefficient (Wildman–Crippen LogP) is 3.44. The second-order valence-corrected chi connectivity index (χ2v) is 6.78. The van der Waals surface area contributed by atoms with Gasteiger partial charge in [-0.25, -0.2) is 0 Å². The fourth-order valence-corrected chi connectivity index (χ4v) is 3.73. The third-order valence-electron chi connectivity index (χ3n) is 4.90. The van der Waals surface area contributed by atoms with Crippen LogP contribution in [0, 0.1) is 5.92 Å². The van der Waals surface area contributed by atoms with Gasteiger partial charge in [-0.05, 0) is 37.3 Å². The number of aliphatic hydroxyl groups is 1. The third-order valence-corrected chi connectivity index (χ3v) is 4.90. The number of ether oxygens (including phenoxy) is 1. The first-order chi connectivity index (χ1) is 12.6. The smallest absolute Gasteiger partial charge is 0.266 e. The van der Waals surface area contributed by atoms with E-state index in [-0.39, 0.29) is 36.0 Å². The van der Waals surface area contributed by atoms with Crippen molar-refractivity contribution < 1.29 is 19.2 Å². The molecule has 1 aromatic carbocycles. The van der Waals surface area contributed by atoms with Gasteiger partial charge in [-0.2, -0.15) is 0 Å². The molecular weight excluding hydrogens is 332 g/mol. The van der Waals surface area contributed by atoms with Crippen molar-refractivity contribution in [2.24, 2.45) is 5.92 Å². The van der Waals surface area contributed by atoms with Gasteiger partial charge in [0, 0.05) is 11.5 Å². The number of carbonyl (C=O) groups excluding carboxylic acids is 1. The molecule has 0 radical (unpaired) electrons. The molecule has 6 nitrogen and oxygen atoms in total. The molecule has 1 aromatic heterocycles. The zero-order chi connectivity index (χ0) is 18.3. The maximum Gasteiger partial charge on any atom is 0.266 e. The Hall–Kier alpha value is -2.86. The average Bonchev–Trinajstić information content (AvgIpc) is 3.04. The van der Waals surface area contributed by atoms with Crippen LogP contribution in [0.5, 0.6) is 5.88 Å². The van der Waals surface area contributed by atoms with E-state index in [4.69, 9.17) is 9.26 Å². The van der Waals surface area contributed by atoms with Crippen LogP contribution in [0.1, 0.15) is 34.1 Å². The highest BCUT2D eigenvalue weighted by atomic mass is 16.5. The first kappa shape index (κ1) is 16.6. The first-order valence-electron chi connectivity index (χ1n) is 8.55. The lowest BCUT2D eigenvalue weighted by molar-refractivity contribution is 0.0946. The summed E-state index contributed by atoms with van der Waals surface area (Å²) in [5, 5.41) is 14.3. The SMILES string of the molecule is CN(C)[C@H]1c2onc(OCc3ccccc3)c2C(=O)C2=C(O)C=CC[C@H]21. The van der Waals surface area contributed by atoms with Crippen LogP contribution in [-0.4, -0.2) is 35.0 Å². The molecule has 0 fully saturated rings. The van der Waals surface area contributed by atoms with Crippen LogP contribution in [-0.2, 0) is 6.61 Å². The Morgan fingerprint density at radius 2 is 2.08 bits per heavy atom. The molecule has 1 N–H and O–H groups in total. The highest BCUT2D eigenvalue weighted by Gasteiger charge is 2.46. The quantitative estimate of drug-likeness (QED) is 0.908. The number of Topliss-reactive ketones (excluding diaryl/α,β-unsaturated/α-hetero) is 1. The maximum absolute atomic E-state index is 13.1. The van der Waals surface area contributed by atoms with Gasteiger partial charge in [-0.1, -0.05) is 36.4 Å². The summed E-state index contributed by atoms with van der Waals surface area (Å²) in [6.45, 7) is 0.286. The van der Waals surface area contributed by atoms with Gasteiger partial charge in [-0.15, -0.1) is 0 Å². The van der Waals surface area contributed by atoms with Gasteiger partial charge in [0.2, 0.25) is 5.78 Å². The molecule has 4 rings (SSSR count). The number of benzene rings is 1. The van der Waals surface area contributed by atoms with E-state index < -0.39 is 0 Å². The van der Waals surface area contributed by atoms with Crippen LogP contribution < -0.4 is 4.74 Å². The summed E-state index contributed by atoms with van der Waals surface area (Å²) in [6.07, 6.45) is 4.12. The number of aliphatic hydroxyl groups excluding tert-OH is 1. The standard InChI is InChI=1S/C20H20N2O4/c1-22(2)17-13-9-6-10-14(23)15(13)18(24)16-19(17)26-21-20(16)25-11-12-7-4-3-5-8-12/h3-8,10,13,17,23H,9,11H2,1-2H3/t13-,17-/m1/s1. The molecule has 0 saturated heterocycles. The van der Waals surface area contributed by atoms with Crippen LogP contribution in [0.4, 0.5) is 0 Å². The topological polar surface area (TPSA) is 75.8 Å². The molecule has 0 amide bonds. The minimum absolute atomic E-state index is 0.0129. The lowest BCUT2D eigenvalue weighted by Gasteiger charge is -2.36. The van der Waals surface area contributed by atoms with Crippen molar-refractivity contribution in [3.05, 3.63) is 70.7 Å². The summed E-state index contributed by atoms with van der Waals surface area (Å²) in [7, 11) is 3.84. The molecule has 0 saturated carbocycles. The highest BCUT2D eigenvalue weighted by molar-refractivity contribution is 6.13. The summed E-state index contributed by atoms with van der Waals surface area (Å²) < 4.78 is 11.3. The molecule has 1 heterocycles. The molecule has 0 spiro atoms. The molecule has 0 bridgehead atoms. The minimum atomic E-state index is -0.269. The monoisotopic (exact) mass is 352 g/mol. The second kappa shape index (κ2) is 6.46. The highest BCUT2D eigenvalue weighted by Crippen LogP contribution is 2.47. The van der Waals surface area contributed by atoms with Crippen molar-refractivity contribution in [1.82, 2.24) is 10.1 Å². The van der Waals surface area contributed by atoms with Gasteiger partial charge in [0.25, 0.3) is 5.88 Å². The largest absolute Gasteiger partial charge is 0.508 e. The van der Waals surface area contributed by atoms with Crippen LogP contribution in [0.2, 0.25) is 0 Å². The number of aromatic nitrogens is 1. The Labute approximate surface area is 151 Å². The molecule has 0 aliphatic heterocycles. The van der Waals surface area contributed by atoms with Gasteiger partial charge >= 0.3 is 0 Å². The normalized spacial score (nSPS) is 21.7. The predicted molar refractivity (Wildman–Crippen MR) is 94.9 cm³/mol. The Morgan fingerprint density at radius 1 is 1.31 bits per heavy atom. The number of allylic oxidation sites excluding steroid dienone is 2. The van der Waals surface area contributed by atoms with E-state index in [2.05, 4.69) is 5.16 Å². The summed E-state index contributed by atoms with van der Waals surface area (Å²) >= 11 is 0. The van der Waals surface area contributed by atoms with Crippen molar-refractivity contribution in [2.75, 3.05) is 14.1 Å². The Balaban J connectivity index is 1.73. The zero-order valence-corrected chi connectivity index (χ0v) is 14.7. The molecule has 26 heavy (non-hydrogen) atoms. The number of hydrogen-bond acceptors (Lipinski definition) is 6. The number of rotatable bonds is 4. The van der Waals surface area contributed by atoms with Crippen LogP contribution in [0.25, 0.3) is 0 Å². The molecule has 2 aliphatic rings. The number of hydrogen-bond donors (Lipinski definition) is 1. The van der Waals surface area contributed by atoms with E-state index in [0.717, 1.165) is 5.56 Å². The summed E-state index contributed by atoms with van der Waals surface area (Å²) in [4.78, 5) is 15.1. The number of nitrogens with zero attached hydrogens (tertiary/aromatic N) is 2. The maximum atomic E-state index is 13.1. The third kappa shape index (κ3) is 2.63. The molecule has 134 valence electrons. The van der Waals surface area contributed by atoms with E-state index in [9.17, 15) is 9.90 Å². The zero-order valence-electron chi connectivity index (χ0n) is 14.7. The molecule has 0 unspecified atom stereocenters. The van der Waals surface area contributed by atoms with Gasteiger partial charge in [0.05, 0.1) is 6.04 Å². The number of fused-ring (bicyclic) bond motifs is 2. The second-order valence-electron chi connectivity index (χ2n) is 6.78. The molecular formula is C20H20N2O4. The summed E-state index contributed by atoms with van der Waals surface area (Å²) in [5.41, 5.74) is 1.69. The van der Waals surface area contributed by atoms with Crippen molar-refractivity contribution in [1.29, 1.82) is 0 Å². The summed E-state index contributed by atoms with van der Waals surface area (Å²) in [5.74, 6) is 0.257. The number of carbonyl (C=O) groups is 1. The van der Waals surface area contributed by atoms with E-state index in [1.165, 1.54) is 0 Å². The van der Waals surface area contributed by atoms with Crippen molar-refractivity contribution >= 4 is 5.78 Å². The lowest BCUT2D eigenvalue weighted by Crippen LogP contribution is -2.36. The van der Waals surface area contributed by atoms with E-state index in [1.807, 2.05) is 55.4 Å². The van der Waals surface area contributed by atoms with Gasteiger partial charge in [0.15, 0.2) is 5.76 Å². The fourth-order valence-electron chi connectivity index (χ4n) is 3.73. The lowest BCUT2D eigenvalue weighted by atomic mass is 9.74. The fraction of sp³-hybridized carbons (Fsp3) is 0.300. The van der Waals surface area contributed by atoms with Crippen molar-refractivity contribution in [3.8, 4) is 5.88 Å². The van der Waals surface area contributed by atoms with Crippen molar-refractivity contribution in [3.63, 3.8) is 0 Å². The van der Waals surface area contributed by atoms with E-state index in [0.29, 0.717) is 23.3 Å². The molecule has 6 heteroatoms. The van der Waals surface area contributed by atoms with E-state index in [1.54, 1.807) is 6.08 Å². The molecule has 2 aliphatic carbocycles. The van der Waals surface area contributed by atoms with Crippen LogP contribution >= 0.6 is 0 Å². The van der Waals surface area contributed by atoms with Crippen LogP contribution in [0.15, 0.2) is 58.3 Å². The first-order valence-corrected chi connectivity index (χ1v) is 8.55. The number of ketones is 1. The van der Waals surface area contributed by atoms with Crippen LogP contribution in [0.3, 0.4) is 0 Å². The van der Waals surface area contributed by atoms with Gasteiger partial charge < -0.3 is 14.4 Å². The summed E-state index contributed by atoms with van der Waals surface area (Å²) in [6, 6.07) is 9.46. The Kier molecular flexibility index (Phi) is 4.12. The Morgan fingerprint density at radius 3 is 2.81 bits per heavy atom.